The van der Waals surface area contributed by atoms with Crippen LogP contribution in [0.3, 0.4) is 0 Å². The first kappa shape index (κ1) is 20.4. The van der Waals surface area contributed by atoms with Gasteiger partial charge in [0.25, 0.3) is 5.56 Å². The van der Waals surface area contributed by atoms with Crippen molar-refractivity contribution < 1.29 is 9.53 Å². The molecule has 2 amide bonds. The molecule has 29 heavy (non-hydrogen) atoms. The fourth-order valence-electron chi connectivity index (χ4n) is 3.22. The Kier molecular flexibility index (Phi) is 6.49. The lowest BCUT2D eigenvalue weighted by atomic mass is 10.0. The number of hydrogen-bond donors (Lipinski definition) is 2. The van der Waals surface area contributed by atoms with Crippen LogP contribution < -0.4 is 15.6 Å². The second kappa shape index (κ2) is 9.23. The number of methoxy groups -OCH3 is 1. The van der Waals surface area contributed by atoms with Gasteiger partial charge in [-0.05, 0) is 43.2 Å². The Morgan fingerprint density at radius 3 is 2.55 bits per heavy atom. The van der Waals surface area contributed by atoms with E-state index in [-0.39, 0.29) is 24.2 Å². The lowest BCUT2D eigenvalue weighted by Gasteiger charge is -2.25. The molecule has 2 aromatic carbocycles. The van der Waals surface area contributed by atoms with Crippen molar-refractivity contribution in [2.24, 2.45) is 0 Å². The predicted octanol–water partition coefficient (Wildman–Crippen LogP) is 3.61. The molecular formula is C22H26N4O3. The first-order valence-corrected chi connectivity index (χ1v) is 9.73. The average Bonchev–Trinajstić information content (AvgIpc) is 2.75. The van der Waals surface area contributed by atoms with Gasteiger partial charge in [-0.3, -0.25) is 4.79 Å². The third kappa shape index (κ3) is 4.74. The Morgan fingerprint density at radius 2 is 1.90 bits per heavy atom. The maximum Gasteiger partial charge on any atom is 0.318 e. The van der Waals surface area contributed by atoms with Gasteiger partial charge in [-0.2, -0.15) is 0 Å². The van der Waals surface area contributed by atoms with Gasteiger partial charge >= 0.3 is 6.03 Å². The van der Waals surface area contributed by atoms with Gasteiger partial charge in [0.15, 0.2) is 0 Å². The van der Waals surface area contributed by atoms with Crippen molar-refractivity contribution in [1.82, 2.24) is 20.2 Å². The van der Waals surface area contributed by atoms with E-state index in [1.165, 1.54) is 0 Å². The molecule has 2 N–H and O–H groups in total. The summed E-state index contributed by atoms with van der Waals surface area (Å²) in [5.74, 6) is 1.24. The Bertz CT molecular complexity index is 1030. The maximum atomic E-state index is 12.9. The number of fused-ring (bicyclic) bond motifs is 1. The molecule has 0 aliphatic rings. The lowest BCUT2D eigenvalue weighted by molar-refractivity contribution is 0.192. The van der Waals surface area contributed by atoms with Crippen LogP contribution in [0.25, 0.3) is 10.9 Å². The molecular weight excluding hydrogens is 368 g/mol. The minimum absolute atomic E-state index is 0.119. The Balaban J connectivity index is 1.74. The Labute approximate surface area is 169 Å². The molecule has 1 heterocycles. The first-order valence-electron chi connectivity index (χ1n) is 9.73. The molecule has 0 fully saturated rings. The number of ether oxygens (including phenoxy) is 1. The normalized spacial score (nSPS) is 11.8. The zero-order chi connectivity index (χ0) is 20.8. The van der Waals surface area contributed by atoms with E-state index >= 15 is 0 Å². The van der Waals surface area contributed by atoms with E-state index in [0.29, 0.717) is 23.3 Å². The van der Waals surface area contributed by atoms with Crippen LogP contribution >= 0.6 is 0 Å². The molecule has 3 aromatic rings. The van der Waals surface area contributed by atoms with Crippen molar-refractivity contribution in [3.8, 4) is 5.75 Å². The van der Waals surface area contributed by atoms with Gasteiger partial charge in [-0.1, -0.05) is 31.2 Å². The molecule has 1 atom stereocenters. The van der Waals surface area contributed by atoms with Crippen molar-refractivity contribution in [3.05, 3.63) is 70.3 Å². The summed E-state index contributed by atoms with van der Waals surface area (Å²) in [6, 6.07) is 14.5. The number of urea groups is 1. The highest BCUT2D eigenvalue weighted by Crippen LogP contribution is 2.20. The van der Waals surface area contributed by atoms with Gasteiger partial charge < -0.3 is 19.9 Å². The van der Waals surface area contributed by atoms with Crippen LogP contribution in [-0.2, 0) is 6.54 Å². The van der Waals surface area contributed by atoms with Crippen LogP contribution in [0, 0.1) is 0 Å². The maximum absolute atomic E-state index is 12.9. The van der Waals surface area contributed by atoms with Gasteiger partial charge in [-0.15, -0.1) is 0 Å². The van der Waals surface area contributed by atoms with Crippen molar-refractivity contribution >= 4 is 16.9 Å². The molecule has 7 heteroatoms. The number of nitrogens with one attached hydrogen (secondary N) is 2. The van der Waals surface area contributed by atoms with Crippen molar-refractivity contribution in [3.63, 3.8) is 0 Å². The standard InChI is InChI=1S/C22H26N4O3/c1-4-18(15-10-12-16(29-3)13-11-15)24-22(28)26(5-2)14-20-23-19-9-7-6-8-17(19)21(27)25-20/h6-13,18H,4-5,14H2,1-3H3,(H,24,28)(H,23,25,27). The molecule has 0 radical (unpaired) electrons. The van der Waals surface area contributed by atoms with Crippen molar-refractivity contribution in [2.45, 2.75) is 32.9 Å². The zero-order valence-corrected chi connectivity index (χ0v) is 16.9. The summed E-state index contributed by atoms with van der Waals surface area (Å²) < 4.78 is 5.19. The monoisotopic (exact) mass is 394 g/mol. The number of nitrogens with zero attached hydrogens (tertiary/aromatic N) is 2. The van der Waals surface area contributed by atoms with Gasteiger partial charge in [-0.25, -0.2) is 9.78 Å². The summed E-state index contributed by atoms with van der Waals surface area (Å²) in [7, 11) is 1.62. The molecule has 3 rings (SSSR count). The molecule has 1 unspecified atom stereocenters. The number of rotatable bonds is 7. The number of benzene rings is 2. The number of carbonyl (C=O) groups is 1. The van der Waals surface area contributed by atoms with E-state index in [1.54, 1.807) is 30.2 Å². The summed E-state index contributed by atoms with van der Waals surface area (Å²) >= 11 is 0. The van der Waals surface area contributed by atoms with Crippen LogP contribution in [0.2, 0.25) is 0 Å². The lowest BCUT2D eigenvalue weighted by Crippen LogP contribution is -2.41. The van der Waals surface area contributed by atoms with Crippen molar-refractivity contribution in [1.29, 1.82) is 0 Å². The number of hydrogen-bond acceptors (Lipinski definition) is 4. The minimum atomic E-state index is -0.203. The van der Waals surface area contributed by atoms with Crippen LogP contribution in [0.15, 0.2) is 53.3 Å². The first-order chi connectivity index (χ1) is 14.0. The molecule has 0 bridgehead atoms. The summed E-state index contributed by atoms with van der Waals surface area (Å²) in [6.07, 6.45) is 0.751. The molecule has 0 aliphatic carbocycles. The van der Waals surface area contributed by atoms with Gasteiger partial charge in [0.05, 0.1) is 30.6 Å². The van der Waals surface area contributed by atoms with E-state index in [4.69, 9.17) is 4.74 Å². The highest BCUT2D eigenvalue weighted by Gasteiger charge is 2.18. The third-order valence-corrected chi connectivity index (χ3v) is 4.90. The van der Waals surface area contributed by atoms with Crippen molar-refractivity contribution in [2.75, 3.05) is 13.7 Å². The highest BCUT2D eigenvalue weighted by atomic mass is 16.5. The fraction of sp³-hybridized carbons (Fsp3) is 0.318. The van der Waals surface area contributed by atoms with Crippen LogP contribution in [0.4, 0.5) is 4.79 Å². The van der Waals surface area contributed by atoms with Crippen LogP contribution in [-0.4, -0.2) is 34.6 Å². The second-order valence-electron chi connectivity index (χ2n) is 6.73. The SMILES string of the molecule is CCC(NC(=O)N(CC)Cc1nc2ccccc2c(=O)[nH]1)c1ccc(OC)cc1. The number of amides is 2. The summed E-state index contributed by atoms with van der Waals surface area (Å²) in [6.45, 7) is 4.63. The molecule has 152 valence electrons. The Morgan fingerprint density at radius 1 is 1.17 bits per heavy atom. The molecule has 1 aromatic heterocycles. The smallest absolute Gasteiger partial charge is 0.318 e. The predicted molar refractivity (Wildman–Crippen MR) is 113 cm³/mol. The number of para-hydroxylation sites is 1. The zero-order valence-electron chi connectivity index (χ0n) is 16.9. The van der Waals surface area contributed by atoms with Crippen LogP contribution in [0.5, 0.6) is 5.75 Å². The summed E-state index contributed by atoms with van der Waals surface area (Å²) in [4.78, 5) is 34.0. The van der Waals surface area contributed by atoms with Gasteiger partial charge in [0.2, 0.25) is 0 Å². The third-order valence-electron chi connectivity index (χ3n) is 4.90. The van der Waals surface area contributed by atoms with E-state index in [2.05, 4.69) is 15.3 Å². The number of aromatic amines is 1. The largest absolute Gasteiger partial charge is 0.497 e. The van der Waals surface area contributed by atoms with E-state index in [1.807, 2.05) is 44.2 Å². The molecule has 7 nitrogen and oxygen atoms in total. The summed E-state index contributed by atoms with van der Waals surface area (Å²) in [5.41, 5.74) is 1.43. The van der Waals surface area contributed by atoms with Crippen LogP contribution in [0.1, 0.15) is 37.7 Å². The highest BCUT2D eigenvalue weighted by molar-refractivity contribution is 5.77. The topological polar surface area (TPSA) is 87.3 Å². The Hall–Kier alpha value is -3.35. The van der Waals surface area contributed by atoms with E-state index in [0.717, 1.165) is 17.7 Å². The molecule has 0 saturated carbocycles. The number of aromatic nitrogens is 2. The second-order valence-corrected chi connectivity index (χ2v) is 6.73. The number of carbonyl (C=O) groups excluding carboxylic acids is 1. The number of H-pyrrole nitrogens is 1. The fourth-order valence-corrected chi connectivity index (χ4v) is 3.22. The van der Waals surface area contributed by atoms with Gasteiger partial charge in [0.1, 0.15) is 11.6 Å². The summed E-state index contributed by atoms with van der Waals surface area (Å²) in [5, 5.41) is 3.61. The molecule has 0 saturated heterocycles. The molecule has 0 aliphatic heterocycles. The van der Waals surface area contributed by atoms with E-state index in [9.17, 15) is 9.59 Å². The van der Waals surface area contributed by atoms with Gasteiger partial charge in [0, 0.05) is 6.54 Å². The quantitative estimate of drug-likeness (QED) is 0.641. The average molecular weight is 394 g/mol. The molecule has 0 spiro atoms. The van der Waals surface area contributed by atoms with E-state index < -0.39 is 0 Å². The minimum Gasteiger partial charge on any atom is -0.497 e.